The Kier molecular flexibility index (Phi) is 9.45. The second-order valence-corrected chi connectivity index (χ2v) is 8.91. The molecule has 0 aromatic heterocycles. The minimum Gasteiger partial charge on any atom is -0.354 e. The van der Waals surface area contributed by atoms with E-state index in [9.17, 15) is 9.59 Å². The van der Waals surface area contributed by atoms with Crippen LogP contribution in [0.1, 0.15) is 61.3 Å². The highest BCUT2D eigenvalue weighted by Crippen LogP contribution is 2.29. The fourth-order valence-electron chi connectivity index (χ4n) is 4.22. The first-order valence-electron chi connectivity index (χ1n) is 12.2. The van der Waals surface area contributed by atoms with E-state index >= 15 is 0 Å². The van der Waals surface area contributed by atoms with E-state index < -0.39 is 6.04 Å². The summed E-state index contributed by atoms with van der Waals surface area (Å²) >= 11 is 0. The molecular weight excluding hydrogens is 420 g/mol. The van der Waals surface area contributed by atoms with Crippen LogP contribution in [0.3, 0.4) is 0 Å². The molecule has 0 radical (unpaired) electrons. The zero-order valence-electron chi connectivity index (χ0n) is 20.5. The van der Waals surface area contributed by atoms with Crippen molar-refractivity contribution in [1.29, 1.82) is 0 Å². The van der Waals surface area contributed by atoms with Gasteiger partial charge in [0.15, 0.2) is 0 Å². The molecule has 0 saturated carbocycles. The Labute approximate surface area is 204 Å². The number of carbonyl (C=O) groups is 2. The molecule has 1 atom stereocenters. The molecule has 3 aromatic rings. The first kappa shape index (κ1) is 25.2. The maximum Gasteiger partial charge on any atom is 0.242 e. The molecule has 1 unspecified atom stereocenters. The molecule has 0 spiro atoms. The van der Waals surface area contributed by atoms with Crippen LogP contribution in [0.5, 0.6) is 0 Å². The Bertz CT molecular complexity index is 1010. The Hall–Kier alpha value is -3.40. The van der Waals surface area contributed by atoms with Crippen LogP contribution >= 0.6 is 0 Å². The first-order valence-corrected chi connectivity index (χ1v) is 12.2. The number of nitrogens with one attached hydrogen (secondary N) is 1. The lowest BCUT2D eigenvalue weighted by Gasteiger charge is -2.30. The SMILES string of the molecule is CCCCNC(=O)C(C)N(Cc1cccc(C)c1)C(=O)CC(c1ccccc1)c1ccccc1. The molecule has 0 saturated heterocycles. The van der Waals surface area contributed by atoms with Crippen molar-refractivity contribution < 1.29 is 9.59 Å². The van der Waals surface area contributed by atoms with E-state index in [-0.39, 0.29) is 17.7 Å². The van der Waals surface area contributed by atoms with Crippen LogP contribution in [0.2, 0.25) is 0 Å². The molecular formula is C30H36N2O2. The number of hydrogen-bond donors (Lipinski definition) is 1. The van der Waals surface area contributed by atoms with Gasteiger partial charge in [-0.15, -0.1) is 0 Å². The van der Waals surface area contributed by atoms with Crippen LogP contribution in [0, 0.1) is 6.92 Å². The van der Waals surface area contributed by atoms with Gasteiger partial charge in [-0.1, -0.05) is 104 Å². The molecule has 2 amide bonds. The van der Waals surface area contributed by atoms with Crippen molar-refractivity contribution in [3.05, 3.63) is 107 Å². The Morgan fingerprint density at radius 1 is 0.882 bits per heavy atom. The Morgan fingerprint density at radius 2 is 1.50 bits per heavy atom. The third kappa shape index (κ3) is 7.05. The van der Waals surface area contributed by atoms with Crippen LogP contribution in [0.15, 0.2) is 84.9 Å². The smallest absolute Gasteiger partial charge is 0.242 e. The zero-order chi connectivity index (χ0) is 24.3. The highest BCUT2D eigenvalue weighted by atomic mass is 16.2. The molecule has 0 fully saturated rings. The van der Waals surface area contributed by atoms with Gasteiger partial charge in [-0.25, -0.2) is 0 Å². The monoisotopic (exact) mass is 456 g/mol. The third-order valence-electron chi connectivity index (χ3n) is 6.21. The summed E-state index contributed by atoms with van der Waals surface area (Å²) in [7, 11) is 0. The minimum absolute atomic E-state index is 0.0302. The van der Waals surface area contributed by atoms with Crippen molar-refractivity contribution in [2.75, 3.05) is 6.54 Å². The fourth-order valence-corrected chi connectivity index (χ4v) is 4.22. The minimum atomic E-state index is -0.558. The summed E-state index contributed by atoms with van der Waals surface area (Å²) in [6.07, 6.45) is 2.23. The number of aryl methyl sites for hydroxylation is 1. The van der Waals surface area contributed by atoms with Gasteiger partial charge in [-0.2, -0.15) is 0 Å². The number of unbranched alkanes of at least 4 members (excludes halogenated alkanes) is 1. The normalized spacial score (nSPS) is 11.8. The lowest BCUT2D eigenvalue weighted by Crippen LogP contribution is -2.48. The number of nitrogens with zero attached hydrogens (tertiary/aromatic N) is 1. The van der Waals surface area contributed by atoms with Gasteiger partial charge in [-0.3, -0.25) is 9.59 Å². The quantitative estimate of drug-likeness (QED) is 0.368. The molecule has 0 aliphatic rings. The Balaban J connectivity index is 1.88. The second-order valence-electron chi connectivity index (χ2n) is 8.91. The van der Waals surface area contributed by atoms with E-state index in [0.29, 0.717) is 19.5 Å². The summed E-state index contributed by atoms with van der Waals surface area (Å²) in [5.41, 5.74) is 4.35. The molecule has 0 heterocycles. The van der Waals surface area contributed by atoms with E-state index in [1.54, 1.807) is 4.90 Å². The average Bonchev–Trinajstić information content (AvgIpc) is 2.86. The summed E-state index contributed by atoms with van der Waals surface area (Å²) in [6, 6.07) is 27.8. The number of benzene rings is 3. The van der Waals surface area contributed by atoms with Crippen molar-refractivity contribution in [3.8, 4) is 0 Å². The molecule has 34 heavy (non-hydrogen) atoms. The molecule has 4 heteroatoms. The highest BCUT2D eigenvalue weighted by molar-refractivity contribution is 5.87. The summed E-state index contributed by atoms with van der Waals surface area (Å²) in [6.45, 7) is 6.99. The summed E-state index contributed by atoms with van der Waals surface area (Å²) in [5, 5.41) is 3.00. The summed E-state index contributed by atoms with van der Waals surface area (Å²) in [4.78, 5) is 28.5. The first-order chi connectivity index (χ1) is 16.5. The second kappa shape index (κ2) is 12.7. The molecule has 4 nitrogen and oxygen atoms in total. The predicted molar refractivity (Wildman–Crippen MR) is 138 cm³/mol. The van der Waals surface area contributed by atoms with Gasteiger partial charge in [-0.05, 0) is 37.0 Å². The molecule has 3 rings (SSSR count). The van der Waals surface area contributed by atoms with Gasteiger partial charge < -0.3 is 10.2 Å². The number of hydrogen-bond acceptors (Lipinski definition) is 2. The van der Waals surface area contributed by atoms with Crippen LogP contribution < -0.4 is 5.32 Å². The lowest BCUT2D eigenvalue weighted by molar-refractivity contribution is -0.140. The largest absolute Gasteiger partial charge is 0.354 e. The molecule has 3 aromatic carbocycles. The predicted octanol–water partition coefficient (Wildman–Crippen LogP) is 5.85. The van der Waals surface area contributed by atoms with Crippen LogP contribution in [0.4, 0.5) is 0 Å². The maximum atomic E-state index is 13.8. The van der Waals surface area contributed by atoms with Crippen molar-refractivity contribution in [2.24, 2.45) is 0 Å². The van der Waals surface area contributed by atoms with Gasteiger partial charge in [0, 0.05) is 25.4 Å². The molecule has 0 aliphatic carbocycles. The number of amides is 2. The van der Waals surface area contributed by atoms with Crippen molar-refractivity contribution in [1.82, 2.24) is 10.2 Å². The third-order valence-corrected chi connectivity index (χ3v) is 6.21. The number of rotatable bonds is 11. The van der Waals surface area contributed by atoms with E-state index in [0.717, 1.165) is 35.1 Å². The van der Waals surface area contributed by atoms with Crippen LogP contribution in [0.25, 0.3) is 0 Å². The summed E-state index contributed by atoms with van der Waals surface area (Å²) < 4.78 is 0. The zero-order valence-corrected chi connectivity index (χ0v) is 20.5. The van der Waals surface area contributed by atoms with Crippen molar-refractivity contribution in [3.63, 3.8) is 0 Å². The van der Waals surface area contributed by atoms with E-state index in [1.807, 2.05) is 68.4 Å². The van der Waals surface area contributed by atoms with E-state index in [2.05, 4.69) is 42.6 Å². The van der Waals surface area contributed by atoms with Gasteiger partial charge >= 0.3 is 0 Å². The van der Waals surface area contributed by atoms with E-state index in [4.69, 9.17) is 0 Å². The average molecular weight is 457 g/mol. The van der Waals surface area contributed by atoms with Gasteiger partial charge in [0.05, 0.1) is 0 Å². The topological polar surface area (TPSA) is 49.4 Å². The molecule has 0 bridgehead atoms. The van der Waals surface area contributed by atoms with Crippen molar-refractivity contribution in [2.45, 2.75) is 58.5 Å². The van der Waals surface area contributed by atoms with E-state index in [1.165, 1.54) is 0 Å². The molecule has 0 aliphatic heterocycles. The van der Waals surface area contributed by atoms with Gasteiger partial charge in [0.2, 0.25) is 11.8 Å². The highest BCUT2D eigenvalue weighted by Gasteiger charge is 2.29. The Morgan fingerprint density at radius 3 is 2.06 bits per heavy atom. The van der Waals surface area contributed by atoms with Crippen molar-refractivity contribution >= 4 is 11.8 Å². The number of carbonyl (C=O) groups excluding carboxylic acids is 2. The van der Waals surface area contributed by atoms with Crippen LogP contribution in [-0.2, 0) is 16.1 Å². The van der Waals surface area contributed by atoms with Gasteiger partial charge in [0.25, 0.3) is 0 Å². The molecule has 178 valence electrons. The summed E-state index contributed by atoms with van der Waals surface area (Å²) in [5.74, 6) is -0.215. The maximum absolute atomic E-state index is 13.8. The standard InChI is InChI=1S/C30H36N2O2/c1-4-5-19-31-30(34)24(3)32(22-25-14-12-13-23(2)20-25)29(33)21-28(26-15-8-6-9-16-26)27-17-10-7-11-18-27/h6-18,20,24,28H,4-5,19,21-22H2,1-3H3,(H,31,34). The van der Waals surface area contributed by atoms with Crippen LogP contribution in [-0.4, -0.2) is 29.3 Å². The molecule has 1 N–H and O–H groups in total. The lowest BCUT2D eigenvalue weighted by atomic mass is 9.88. The van der Waals surface area contributed by atoms with Gasteiger partial charge in [0.1, 0.15) is 6.04 Å². The fraction of sp³-hybridized carbons (Fsp3) is 0.333.